The molecule has 0 saturated heterocycles. The van der Waals surface area contributed by atoms with Gasteiger partial charge in [0.15, 0.2) is 11.5 Å². The van der Waals surface area contributed by atoms with Gasteiger partial charge < -0.3 is 29.8 Å². The fourth-order valence-electron chi connectivity index (χ4n) is 4.74. The SMILES string of the molecule is O=C1NC(CCc2ccc3c(c2)OCO3)=C(C(=O)OCc2cccc(F)c2)C(c2c[nH]c3cnccc23)N1. The van der Waals surface area contributed by atoms with Crippen molar-refractivity contribution in [2.75, 3.05) is 6.79 Å². The molecule has 0 saturated carbocycles. The van der Waals surface area contributed by atoms with Crippen LogP contribution in [0.15, 0.2) is 78.4 Å². The summed E-state index contributed by atoms with van der Waals surface area (Å²) < 4.78 is 30.1. The van der Waals surface area contributed by atoms with Crippen molar-refractivity contribution in [1.29, 1.82) is 0 Å². The van der Waals surface area contributed by atoms with E-state index in [1.165, 1.54) is 12.1 Å². The number of pyridine rings is 1. The van der Waals surface area contributed by atoms with Crippen molar-refractivity contribution >= 4 is 22.9 Å². The smallest absolute Gasteiger partial charge is 0.338 e. The first-order valence-corrected chi connectivity index (χ1v) is 12.1. The number of aromatic nitrogens is 2. The first-order valence-electron chi connectivity index (χ1n) is 12.1. The molecule has 4 aromatic rings. The number of aromatic amines is 1. The molecule has 0 fully saturated rings. The number of esters is 1. The molecule has 38 heavy (non-hydrogen) atoms. The fourth-order valence-corrected chi connectivity index (χ4v) is 4.74. The van der Waals surface area contributed by atoms with Gasteiger partial charge in [0.25, 0.3) is 0 Å². The summed E-state index contributed by atoms with van der Waals surface area (Å²) >= 11 is 0. The normalized spacial score (nSPS) is 16.3. The van der Waals surface area contributed by atoms with E-state index in [0.29, 0.717) is 41.2 Å². The third kappa shape index (κ3) is 4.63. The zero-order valence-corrected chi connectivity index (χ0v) is 20.1. The molecule has 2 aromatic heterocycles. The predicted molar refractivity (Wildman–Crippen MR) is 135 cm³/mol. The third-order valence-electron chi connectivity index (χ3n) is 6.56. The van der Waals surface area contributed by atoms with Crippen LogP contribution in [0.25, 0.3) is 10.9 Å². The van der Waals surface area contributed by atoms with Crippen molar-refractivity contribution < 1.29 is 28.2 Å². The monoisotopic (exact) mass is 514 g/mol. The van der Waals surface area contributed by atoms with Crippen molar-refractivity contribution in [3.8, 4) is 11.5 Å². The maximum Gasteiger partial charge on any atom is 0.338 e. The van der Waals surface area contributed by atoms with Crippen LogP contribution < -0.4 is 20.1 Å². The summed E-state index contributed by atoms with van der Waals surface area (Å²) in [5.41, 5.74) is 3.67. The van der Waals surface area contributed by atoms with Gasteiger partial charge in [0.1, 0.15) is 12.4 Å². The second-order valence-electron chi connectivity index (χ2n) is 8.98. The van der Waals surface area contributed by atoms with Crippen LogP contribution in [-0.2, 0) is 22.6 Å². The fraction of sp³-hybridized carbons (Fsp3) is 0.179. The van der Waals surface area contributed by atoms with Gasteiger partial charge in [0, 0.05) is 29.0 Å². The largest absolute Gasteiger partial charge is 0.457 e. The minimum atomic E-state index is -0.772. The maximum absolute atomic E-state index is 13.7. The number of H-pyrrole nitrogens is 1. The molecule has 0 bridgehead atoms. The van der Waals surface area contributed by atoms with Gasteiger partial charge in [-0.25, -0.2) is 14.0 Å². The van der Waals surface area contributed by atoms with Crippen LogP contribution in [-0.4, -0.2) is 28.8 Å². The molecule has 2 amide bonds. The minimum absolute atomic E-state index is 0.117. The number of hydrogen-bond donors (Lipinski definition) is 3. The molecule has 10 heteroatoms. The zero-order valence-electron chi connectivity index (χ0n) is 20.1. The maximum atomic E-state index is 13.7. The highest BCUT2D eigenvalue weighted by Crippen LogP contribution is 2.35. The number of carbonyl (C=O) groups is 2. The zero-order chi connectivity index (χ0) is 26.1. The number of benzene rings is 2. The first-order chi connectivity index (χ1) is 18.5. The Morgan fingerprint density at radius 3 is 2.87 bits per heavy atom. The average Bonchev–Trinajstić information content (AvgIpc) is 3.57. The number of nitrogens with zero attached hydrogens (tertiary/aromatic N) is 1. The second kappa shape index (κ2) is 9.89. The van der Waals surface area contributed by atoms with E-state index in [1.54, 1.807) is 30.7 Å². The molecule has 2 aliphatic rings. The van der Waals surface area contributed by atoms with Crippen LogP contribution in [0.3, 0.4) is 0 Å². The highest BCUT2D eigenvalue weighted by atomic mass is 19.1. The molecule has 2 aliphatic heterocycles. The lowest BCUT2D eigenvalue weighted by Crippen LogP contribution is -2.46. The summed E-state index contributed by atoms with van der Waals surface area (Å²) in [6.45, 7) is 0.0583. The van der Waals surface area contributed by atoms with E-state index in [-0.39, 0.29) is 19.0 Å². The lowest BCUT2D eigenvalue weighted by Gasteiger charge is -2.29. The Morgan fingerprint density at radius 1 is 1.08 bits per heavy atom. The number of ether oxygens (including phenoxy) is 3. The van der Waals surface area contributed by atoms with Crippen LogP contribution in [0, 0.1) is 5.82 Å². The molecule has 2 aromatic carbocycles. The number of allylic oxidation sites excluding steroid dienone is 1. The quantitative estimate of drug-likeness (QED) is 0.315. The highest BCUT2D eigenvalue weighted by Gasteiger charge is 2.35. The highest BCUT2D eigenvalue weighted by molar-refractivity contribution is 5.97. The predicted octanol–water partition coefficient (Wildman–Crippen LogP) is 4.41. The van der Waals surface area contributed by atoms with E-state index >= 15 is 0 Å². The third-order valence-corrected chi connectivity index (χ3v) is 6.56. The molecular weight excluding hydrogens is 491 g/mol. The summed E-state index contributed by atoms with van der Waals surface area (Å²) in [5.74, 6) is 0.305. The van der Waals surface area contributed by atoms with Crippen molar-refractivity contribution in [3.05, 3.63) is 101 Å². The molecule has 4 heterocycles. The minimum Gasteiger partial charge on any atom is -0.457 e. The number of aryl methyl sites for hydroxylation is 1. The van der Waals surface area contributed by atoms with Gasteiger partial charge in [-0.2, -0.15) is 0 Å². The molecule has 0 spiro atoms. The van der Waals surface area contributed by atoms with Gasteiger partial charge in [-0.15, -0.1) is 0 Å². The van der Waals surface area contributed by atoms with E-state index in [1.807, 2.05) is 24.3 Å². The van der Waals surface area contributed by atoms with Crippen LogP contribution in [0.4, 0.5) is 9.18 Å². The number of halogens is 1. The number of carbonyl (C=O) groups excluding carboxylic acids is 2. The van der Waals surface area contributed by atoms with Gasteiger partial charge in [0.2, 0.25) is 6.79 Å². The molecular formula is C28H23FN4O5. The summed E-state index contributed by atoms with van der Waals surface area (Å²) in [6, 6.07) is 12.1. The first kappa shape index (κ1) is 23.5. The van der Waals surface area contributed by atoms with E-state index in [4.69, 9.17) is 14.2 Å². The van der Waals surface area contributed by atoms with Crippen molar-refractivity contribution in [2.24, 2.45) is 0 Å². The Balaban J connectivity index is 1.34. The van der Waals surface area contributed by atoms with Crippen molar-refractivity contribution in [3.63, 3.8) is 0 Å². The number of nitrogens with one attached hydrogen (secondary N) is 3. The summed E-state index contributed by atoms with van der Waals surface area (Å²) in [7, 11) is 0. The van der Waals surface area contributed by atoms with E-state index in [0.717, 1.165) is 16.5 Å². The van der Waals surface area contributed by atoms with Crippen LogP contribution in [0.5, 0.6) is 11.5 Å². The molecule has 1 unspecified atom stereocenters. The Hall–Kier alpha value is -4.86. The van der Waals surface area contributed by atoms with Gasteiger partial charge in [0.05, 0.1) is 23.3 Å². The number of rotatable bonds is 7. The molecule has 192 valence electrons. The van der Waals surface area contributed by atoms with Crippen molar-refractivity contribution in [2.45, 2.75) is 25.5 Å². The van der Waals surface area contributed by atoms with Gasteiger partial charge in [-0.05, 0) is 54.3 Å². The van der Waals surface area contributed by atoms with E-state index in [9.17, 15) is 14.0 Å². The Labute approximate surface area is 216 Å². The lowest BCUT2D eigenvalue weighted by molar-refractivity contribution is -0.140. The second-order valence-corrected chi connectivity index (χ2v) is 8.98. The van der Waals surface area contributed by atoms with Crippen LogP contribution in [0.2, 0.25) is 0 Å². The Bertz CT molecular complexity index is 1580. The molecule has 1 atom stereocenters. The standard InChI is InChI=1S/C28H23FN4O5/c29-18-3-1-2-17(10-18)14-36-27(34)25-21(6-4-16-5-7-23-24(11-16)38-15-37-23)32-28(35)33-26(25)20-12-31-22-13-30-9-8-19(20)22/h1-3,5,7-13,26,31H,4,6,14-15H2,(H2,32,33,35). The number of amides is 2. The van der Waals surface area contributed by atoms with Gasteiger partial charge >= 0.3 is 12.0 Å². The summed E-state index contributed by atoms with van der Waals surface area (Å²) in [4.78, 5) is 33.6. The number of fused-ring (bicyclic) bond motifs is 2. The molecule has 0 aliphatic carbocycles. The average molecular weight is 515 g/mol. The Morgan fingerprint density at radius 2 is 1.97 bits per heavy atom. The Kier molecular flexibility index (Phi) is 6.12. The molecule has 6 rings (SSSR count). The van der Waals surface area contributed by atoms with Crippen LogP contribution in [0.1, 0.15) is 29.2 Å². The topological polar surface area (TPSA) is 115 Å². The molecule has 9 nitrogen and oxygen atoms in total. The molecule has 3 N–H and O–H groups in total. The summed E-state index contributed by atoms with van der Waals surface area (Å²) in [5, 5.41) is 6.49. The summed E-state index contributed by atoms with van der Waals surface area (Å²) in [6.07, 6.45) is 5.95. The number of urea groups is 1. The van der Waals surface area contributed by atoms with Gasteiger partial charge in [-0.3, -0.25) is 4.98 Å². The molecule has 0 radical (unpaired) electrons. The van der Waals surface area contributed by atoms with Crippen LogP contribution >= 0.6 is 0 Å². The lowest BCUT2D eigenvalue weighted by atomic mass is 9.93. The van der Waals surface area contributed by atoms with E-state index < -0.39 is 23.9 Å². The number of hydrogen-bond acceptors (Lipinski definition) is 6. The van der Waals surface area contributed by atoms with Crippen molar-refractivity contribution in [1.82, 2.24) is 20.6 Å². The van der Waals surface area contributed by atoms with E-state index in [2.05, 4.69) is 20.6 Å². The van der Waals surface area contributed by atoms with Gasteiger partial charge in [-0.1, -0.05) is 18.2 Å².